The summed E-state index contributed by atoms with van der Waals surface area (Å²) in [6.45, 7) is 1.82. The third-order valence-corrected chi connectivity index (χ3v) is 1.86. The Bertz CT molecular complexity index is 309. The second-order valence-electron chi connectivity index (χ2n) is 2.53. The molecule has 0 aliphatic carbocycles. The quantitative estimate of drug-likeness (QED) is 0.692. The van der Waals surface area contributed by atoms with E-state index in [2.05, 4.69) is 4.98 Å². The topological polar surface area (TPSA) is 12.9 Å². The summed E-state index contributed by atoms with van der Waals surface area (Å²) in [5, 5.41) is -0.341. The zero-order valence-corrected chi connectivity index (χ0v) is 7.58. The van der Waals surface area contributed by atoms with Crippen molar-refractivity contribution >= 4 is 11.6 Å². The molecule has 0 fully saturated rings. The van der Waals surface area contributed by atoms with Crippen molar-refractivity contribution in [2.45, 2.75) is 19.5 Å². The van der Waals surface area contributed by atoms with Gasteiger partial charge < -0.3 is 0 Å². The molecule has 0 amide bonds. The molecule has 1 rings (SSSR count). The van der Waals surface area contributed by atoms with Crippen LogP contribution < -0.4 is 0 Å². The van der Waals surface area contributed by atoms with E-state index in [1.54, 1.807) is 0 Å². The van der Waals surface area contributed by atoms with E-state index < -0.39 is 11.9 Å². The van der Waals surface area contributed by atoms with Gasteiger partial charge in [-0.15, -0.1) is 0 Å². The van der Waals surface area contributed by atoms with Gasteiger partial charge in [-0.25, -0.2) is 0 Å². The molecule has 0 N–H and O–H groups in total. The number of nitrogens with zero attached hydrogens (tertiary/aromatic N) is 1. The lowest BCUT2D eigenvalue weighted by Gasteiger charge is -2.07. The number of hydrogen-bond acceptors (Lipinski definition) is 1. The van der Waals surface area contributed by atoms with Gasteiger partial charge in [0.05, 0.1) is 5.02 Å². The predicted octanol–water partition coefficient (Wildman–Crippen LogP) is 3.32. The minimum atomic E-state index is -4.47. The molecule has 1 aromatic rings. The minimum Gasteiger partial charge on any atom is -0.250 e. The van der Waals surface area contributed by atoms with E-state index in [0.717, 1.165) is 0 Å². The smallest absolute Gasteiger partial charge is 0.250 e. The van der Waals surface area contributed by atoms with Gasteiger partial charge in [0, 0.05) is 6.20 Å². The average Bonchev–Trinajstić information content (AvgIpc) is 2.01. The largest absolute Gasteiger partial charge is 0.434 e. The Labute approximate surface area is 78.5 Å². The lowest BCUT2D eigenvalue weighted by Crippen LogP contribution is -2.09. The van der Waals surface area contributed by atoms with Crippen LogP contribution in [0.3, 0.4) is 0 Å². The van der Waals surface area contributed by atoms with Gasteiger partial charge in [0.15, 0.2) is 5.69 Å². The molecule has 0 saturated carbocycles. The molecule has 5 heteroatoms. The second kappa shape index (κ2) is 3.54. The fourth-order valence-electron chi connectivity index (χ4n) is 0.879. The SMILES string of the molecule is CCc1cnc(C(F)(F)F)c(Cl)c1. The summed E-state index contributed by atoms with van der Waals surface area (Å²) in [5.41, 5.74) is -0.329. The molecule has 0 aliphatic heterocycles. The lowest BCUT2D eigenvalue weighted by molar-refractivity contribution is -0.141. The van der Waals surface area contributed by atoms with Crippen LogP contribution >= 0.6 is 11.6 Å². The van der Waals surface area contributed by atoms with Gasteiger partial charge in [-0.2, -0.15) is 13.2 Å². The zero-order valence-electron chi connectivity index (χ0n) is 6.82. The molecular weight excluding hydrogens is 203 g/mol. The molecule has 0 saturated heterocycles. The first-order valence-corrected chi connectivity index (χ1v) is 4.04. The van der Waals surface area contributed by atoms with Crippen molar-refractivity contribution in [3.63, 3.8) is 0 Å². The van der Waals surface area contributed by atoms with Crippen molar-refractivity contribution in [3.8, 4) is 0 Å². The number of alkyl halides is 3. The molecule has 0 aromatic carbocycles. The van der Waals surface area contributed by atoms with Gasteiger partial charge in [-0.3, -0.25) is 4.98 Å². The number of aryl methyl sites for hydroxylation is 1. The van der Waals surface area contributed by atoms with Gasteiger partial charge in [0.25, 0.3) is 0 Å². The average molecular weight is 210 g/mol. The molecular formula is C8H7ClF3N. The highest BCUT2D eigenvalue weighted by atomic mass is 35.5. The Morgan fingerprint density at radius 1 is 1.46 bits per heavy atom. The molecule has 0 unspecified atom stereocenters. The molecule has 13 heavy (non-hydrogen) atoms. The van der Waals surface area contributed by atoms with Crippen molar-refractivity contribution in [1.29, 1.82) is 0 Å². The van der Waals surface area contributed by atoms with Crippen molar-refractivity contribution in [2.24, 2.45) is 0 Å². The van der Waals surface area contributed by atoms with Crippen LogP contribution in [0.15, 0.2) is 12.3 Å². The van der Waals surface area contributed by atoms with Gasteiger partial charge in [0.2, 0.25) is 0 Å². The van der Waals surface area contributed by atoms with E-state index >= 15 is 0 Å². The molecule has 0 bridgehead atoms. The molecule has 0 radical (unpaired) electrons. The normalized spacial score (nSPS) is 11.8. The molecule has 0 atom stereocenters. The van der Waals surface area contributed by atoms with Crippen molar-refractivity contribution in [2.75, 3.05) is 0 Å². The van der Waals surface area contributed by atoms with Crippen LogP contribution in [0.5, 0.6) is 0 Å². The summed E-state index contributed by atoms with van der Waals surface area (Å²) >= 11 is 5.41. The molecule has 1 nitrogen and oxygen atoms in total. The second-order valence-corrected chi connectivity index (χ2v) is 2.93. The highest BCUT2D eigenvalue weighted by molar-refractivity contribution is 6.31. The van der Waals surface area contributed by atoms with E-state index in [1.165, 1.54) is 12.3 Å². The standard InChI is InChI=1S/C8H7ClF3N/c1-2-5-3-6(9)7(13-4-5)8(10,11)12/h3-4H,2H2,1H3. The van der Waals surface area contributed by atoms with Crippen LogP contribution in [0.2, 0.25) is 5.02 Å². The van der Waals surface area contributed by atoms with Gasteiger partial charge in [-0.1, -0.05) is 18.5 Å². The Hall–Kier alpha value is -0.770. The highest BCUT2D eigenvalue weighted by Crippen LogP contribution is 2.32. The van der Waals surface area contributed by atoms with Gasteiger partial charge in [-0.05, 0) is 18.1 Å². The highest BCUT2D eigenvalue weighted by Gasteiger charge is 2.34. The van der Waals surface area contributed by atoms with Crippen LogP contribution in [0.4, 0.5) is 13.2 Å². The lowest BCUT2D eigenvalue weighted by atomic mass is 10.2. The first kappa shape index (κ1) is 10.3. The van der Waals surface area contributed by atoms with Crippen molar-refractivity contribution in [1.82, 2.24) is 4.98 Å². The Balaban J connectivity index is 3.13. The molecule has 1 heterocycles. The Morgan fingerprint density at radius 3 is 2.46 bits per heavy atom. The first-order valence-electron chi connectivity index (χ1n) is 3.66. The van der Waals surface area contributed by atoms with Gasteiger partial charge in [0.1, 0.15) is 0 Å². The Morgan fingerprint density at radius 2 is 2.08 bits per heavy atom. The summed E-state index contributed by atoms with van der Waals surface area (Å²) in [6.07, 6.45) is -2.66. The summed E-state index contributed by atoms with van der Waals surface area (Å²) in [6, 6.07) is 1.29. The van der Waals surface area contributed by atoms with E-state index in [0.29, 0.717) is 12.0 Å². The van der Waals surface area contributed by atoms with Crippen LogP contribution in [0, 0.1) is 0 Å². The molecule has 72 valence electrons. The molecule has 1 aromatic heterocycles. The van der Waals surface area contributed by atoms with Crippen LogP contribution in [-0.2, 0) is 12.6 Å². The summed E-state index contributed by atoms with van der Waals surface area (Å²) in [7, 11) is 0. The third kappa shape index (κ3) is 2.34. The molecule has 0 aliphatic rings. The number of rotatable bonds is 1. The van der Waals surface area contributed by atoms with Gasteiger partial charge >= 0.3 is 6.18 Å². The minimum absolute atomic E-state index is 0.341. The maximum absolute atomic E-state index is 12.1. The maximum atomic E-state index is 12.1. The maximum Gasteiger partial charge on any atom is 0.434 e. The molecule has 0 spiro atoms. The fourth-order valence-corrected chi connectivity index (χ4v) is 1.18. The fraction of sp³-hybridized carbons (Fsp3) is 0.375. The summed E-state index contributed by atoms with van der Waals surface area (Å²) in [5.74, 6) is 0. The summed E-state index contributed by atoms with van der Waals surface area (Å²) < 4.78 is 36.4. The van der Waals surface area contributed by atoms with Crippen LogP contribution in [0.25, 0.3) is 0 Å². The zero-order chi connectivity index (χ0) is 10.1. The van der Waals surface area contributed by atoms with E-state index in [4.69, 9.17) is 11.6 Å². The van der Waals surface area contributed by atoms with Crippen molar-refractivity contribution in [3.05, 3.63) is 28.5 Å². The van der Waals surface area contributed by atoms with Crippen LogP contribution in [-0.4, -0.2) is 4.98 Å². The number of halogens is 4. The number of hydrogen-bond donors (Lipinski definition) is 0. The van der Waals surface area contributed by atoms with Crippen LogP contribution in [0.1, 0.15) is 18.2 Å². The predicted molar refractivity (Wildman–Crippen MR) is 43.6 cm³/mol. The summed E-state index contributed by atoms with van der Waals surface area (Å²) in [4.78, 5) is 3.26. The van der Waals surface area contributed by atoms with Crippen molar-refractivity contribution < 1.29 is 13.2 Å². The van der Waals surface area contributed by atoms with E-state index in [9.17, 15) is 13.2 Å². The van der Waals surface area contributed by atoms with E-state index in [1.807, 2.05) is 6.92 Å². The first-order chi connectivity index (χ1) is 5.95. The Kier molecular flexibility index (Phi) is 2.81. The number of pyridine rings is 1. The monoisotopic (exact) mass is 209 g/mol. The number of aromatic nitrogens is 1. The third-order valence-electron chi connectivity index (χ3n) is 1.57. The van der Waals surface area contributed by atoms with E-state index in [-0.39, 0.29) is 5.02 Å².